The van der Waals surface area contributed by atoms with E-state index in [9.17, 15) is 0 Å². The Morgan fingerprint density at radius 2 is 1.93 bits per heavy atom. The van der Waals surface area contributed by atoms with Gasteiger partial charge in [0.1, 0.15) is 0 Å². The molecule has 1 atom stereocenters. The first-order valence-electron chi connectivity index (χ1n) is 6.45. The zero-order valence-corrected chi connectivity index (χ0v) is 10.8. The topological polar surface area (TPSA) is 12.4 Å². The van der Waals surface area contributed by atoms with Gasteiger partial charge in [0.15, 0.2) is 0 Å². The quantitative estimate of drug-likeness (QED) is 0.383. The normalized spacial score (nSPS) is 13.3. The van der Waals surface area contributed by atoms with Crippen molar-refractivity contribution >= 4 is 6.21 Å². The van der Waals surface area contributed by atoms with Crippen LogP contribution in [0.5, 0.6) is 0 Å². The molecule has 0 radical (unpaired) electrons. The Morgan fingerprint density at radius 3 is 2.47 bits per heavy atom. The summed E-state index contributed by atoms with van der Waals surface area (Å²) in [5, 5.41) is 0. The largest absolute Gasteiger partial charge is 0.290 e. The SMILES string of the molecule is C=C(CCCC)C(CCC)N=CCCC. The standard InChI is InChI=1S/C14H27N/c1-5-8-11-13(4)14(10-7-3)15-12-9-6-2/h12,14H,4-11H2,1-3H3. The van der Waals surface area contributed by atoms with Crippen LogP contribution in [0.15, 0.2) is 17.1 Å². The van der Waals surface area contributed by atoms with Gasteiger partial charge in [-0.25, -0.2) is 0 Å². The predicted molar refractivity (Wildman–Crippen MR) is 70.8 cm³/mol. The lowest BCUT2D eigenvalue weighted by atomic mass is 9.99. The van der Waals surface area contributed by atoms with Crippen molar-refractivity contribution in [3.05, 3.63) is 12.2 Å². The zero-order valence-electron chi connectivity index (χ0n) is 10.8. The van der Waals surface area contributed by atoms with Crippen molar-refractivity contribution in [3.8, 4) is 0 Å². The molecule has 15 heavy (non-hydrogen) atoms. The number of hydrogen-bond acceptors (Lipinski definition) is 1. The van der Waals surface area contributed by atoms with Crippen molar-refractivity contribution in [2.75, 3.05) is 0 Å². The van der Waals surface area contributed by atoms with Crippen LogP contribution in [0.3, 0.4) is 0 Å². The fourth-order valence-electron chi connectivity index (χ4n) is 1.56. The minimum absolute atomic E-state index is 0.382. The molecule has 1 heteroatoms. The van der Waals surface area contributed by atoms with Crippen LogP contribution >= 0.6 is 0 Å². The third-order valence-electron chi connectivity index (χ3n) is 2.59. The fraction of sp³-hybridized carbons (Fsp3) is 0.786. The lowest BCUT2D eigenvalue weighted by Crippen LogP contribution is -2.07. The molecule has 0 aromatic heterocycles. The third kappa shape index (κ3) is 7.35. The molecule has 0 heterocycles. The van der Waals surface area contributed by atoms with Gasteiger partial charge in [0.25, 0.3) is 0 Å². The van der Waals surface area contributed by atoms with Crippen LogP contribution in [-0.2, 0) is 0 Å². The van der Waals surface area contributed by atoms with Gasteiger partial charge in [-0.3, -0.25) is 4.99 Å². The van der Waals surface area contributed by atoms with Crippen LogP contribution in [0.2, 0.25) is 0 Å². The molecule has 1 nitrogen and oxygen atoms in total. The van der Waals surface area contributed by atoms with Crippen LogP contribution in [-0.4, -0.2) is 12.3 Å². The highest BCUT2D eigenvalue weighted by atomic mass is 14.8. The molecule has 0 amide bonds. The maximum atomic E-state index is 4.63. The predicted octanol–water partition coefficient (Wildman–Crippen LogP) is 4.77. The van der Waals surface area contributed by atoms with Crippen LogP contribution in [0.25, 0.3) is 0 Å². The van der Waals surface area contributed by atoms with Gasteiger partial charge < -0.3 is 0 Å². The van der Waals surface area contributed by atoms with Crippen molar-refractivity contribution in [3.63, 3.8) is 0 Å². The summed E-state index contributed by atoms with van der Waals surface area (Å²) in [4.78, 5) is 4.63. The molecule has 0 N–H and O–H groups in total. The summed E-state index contributed by atoms with van der Waals surface area (Å²) in [5.74, 6) is 0. The van der Waals surface area contributed by atoms with E-state index in [-0.39, 0.29) is 0 Å². The molecule has 0 aromatic carbocycles. The first-order chi connectivity index (χ1) is 7.26. The first-order valence-corrected chi connectivity index (χ1v) is 6.45. The van der Waals surface area contributed by atoms with Crippen LogP contribution in [0.4, 0.5) is 0 Å². The number of unbranched alkanes of at least 4 members (excludes halogenated alkanes) is 2. The molecule has 1 unspecified atom stereocenters. The first kappa shape index (κ1) is 14.4. The lowest BCUT2D eigenvalue weighted by Gasteiger charge is -2.14. The Morgan fingerprint density at radius 1 is 1.20 bits per heavy atom. The van der Waals surface area contributed by atoms with Crippen molar-refractivity contribution < 1.29 is 0 Å². The summed E-state index contributed by atoms with van der Waals surface area (Å²) < 4.78 is 0. The van der Waals surface area contributed by atoms with E-state index in [1.54, 1.807) is 0 Å². The Hall–Kier alpha value is -0.590. The molecule has 0 bridgehead atoms. The van der Waals surface area contributed by atoms with E-state index in [2.05, 4.69) is 38.6 Å². The summed E-state index contributed by atoms with van der Waals surface area (Å²) in [6.07, 6.45) is 10.4. The average Bonchev–Trinajstić information content (AvgIpc) is 2.25. The smallest absolute Gasteiger partial charge is 0.0702 e. The van der Waals surface area contributed by atoms with Gasteiger partial charge in [0, 0.05) is 0 Å². The number of aliphatic imine (C=N–C) groups is 1. The highest BCUT2D eigenvalue weighted by molar-refractivity contribution is 5.57. The van der Waals surface area contributed by atoms with Crippen molar-refractivity contribution in [1.82, 2.24) is 0 Å². The lowest BCUT2D eigenvalue weighted by molar-refractivity contribution is 0.636. The summed E-state index contributed by atoms with van der Waals surface area (Å²) in [6.45, 7) is 10.8. The zero-order chi connectivity index (χ0) is 11.5. The maximum absolute atomic E-state index is 4.63. The van der Waals surface area contributed by atoms with Gasteiger partial charge >= 0.3 is 0 Å². The Bertz CT molecular complexity index is 182. The second-order valence-electron chi connectivity index (χ2n) is 4.19. The van der Waals surface area contributed by atoms with E-state index in [1.807, 2.05) is 0 Å². The summed E-state index contributed by atoms with van der Waals surface area (Å²) in [6, 6.07) is 0.382. The molecule has 0 saturated heterocycles. The Kier molecular flexibility index (Phi) is 9.55. The molecular formula is C14H27N. The molecular weight excluding hydrogens is 182 g/mol. The van der Waals surface area contributed by atoms with E-state index in [0.717, 1.165) is 19.3 Å². The second-order valence-corrected chi connectivity index (χ2v) is 4.19. The van der Waals surface area contributed by atoms with Crippen LogP contribution in [0, 0.1) is 0 Å². The van der Waals surface area contributed by atoms with Gasteiger partial charge in [0.05, 0.1) is 6.04 Å². The van der Waals surface area contributed by atoms with Gasteiger partial charge in [-0.05, 0) is 31.9 Å². The van der Waals surface area contributed by atoms with Crippen molar-refractivity contribution in [1.29, 1.82) is 0 Å². The van der Waals surface area contributed by atoms with E-state index in [0.29, 0.717) is 6.04 Å². The van der Waals surface area contributed by atoms with Crippen molar-refractivity contribution in [2.24, 2.45) is 4.99 Å². The Labute approximate surface area is 95.7 Å². The minimum atomic E-state index is 0.382. The van der Waals surface area contributed by atoms with Crippen LogP contribution in [0.1, 0.15) is 65.7 Å². The maximum Gasteiger partial charge on any atom is 0.0702 e. The van der Waals surface area contributed by atoms with Crippen molar-refractivity contribution in [2.45, 2.75) is 71.8 Å². The summed E-state index contributed by atoms with van der Waals surface area (Å²) >= 11 is 0. The number of nitrogens with zero attached hydrogens (tertiary/aromatic N) is 1. The molecule has 88 valence electrons. The van der Waals surface area contributed by atoms with Crippen LogP contribution < -0.4 is 0 Å². The minimum Gasteiger partial charge on any atom is -0.290 e. The van der Waals surface area contributed by atoms with Gasteiger partial charge in [-0.1, -0.05) is 52.2 Å². The highest BCUT2D eigenvalue weighted by Gasteiger charge is 2.08. The highest BCUT2D eigenvalue weighted by Crippen LogP contribution is 2.17. The molecule has 0 aliphatic rings. The number of hydrogen-bond donors (Lipinski definition) is 0. The molecule has 0 spiro atoms. The van der Waals surface area contributed by atoms with Gasteiger partial charge in [-0.2, -0.15) is 0 Å². The Balaban J connectivity index is 4.05. The molecule has 0 saturated carbocycles. The summed E-state index contributed by atoms with van der Waals surface area (Å²) in [7, 11) is 0. The van der Waals surface area contributed by atoms with E-state index < -0.39 is 0 Å². The van der Waals surface area contributed by atoms with E-state index in [1.165, 1.54) is 31.3 Å². The number of rotatable bonds is 9. The second kappa shape index (κ2) is 9.95. The fourth-order valence-corrected chi connectivity index (χ4v) is 1.56. The average molecular weight is 209 g/mol. The van der Waals surface area contributed by atoms with E-state index >= 15 is 0 Å². The van der Waals surface area contributed by atoms with Gasteiger partial charge in [0.2, 0.25) is 0 Å². The molecule has 0 aliphatic heterocycles. The summed E-state index contributed by atoms with van der Waals surface area (Å²) in [5.41, 5.74) is 1.33. The van der Waals surface area contributed by atoms with Gasteiger partial charge in [-0.15, -0.1) is 0 Å². The van der Waals surface area contributed by atoms with E-state index in [4.69, 9.17) is 0 Å². The molecule has 0 aliphatic carbocycles. The third-order valence-corrected chi connectivity index (χ3v) is 2.59. The molecule has 0 rings (SSSR count). The molecule has 0 aromatic rings. The monoisotopic (exact) mass is 209 g/mol. The molecule has 0 fully saturated rings.